The van der Waals surface area contributed by atoms with Crippen molar-refractivity contribution in [2.75, 3.05) is 13.2 Å². The van der Waals surface area contributed by atoms with Crippen LogP contribution in [-0.2, 0) is 19.1 Å². The maximum absolute atomic E-state index is 12.2. The molecule has 5 nitrogen and oxygen atoms in total. The molecule has 0 saturated carbocycles. The standard InChI is InChI=1S/C43H78O5/c1-3-5-7-9-11-13-15-17-19-20-21-22-24-25-27-29-31-33-35-37-42(45)47-40-41(39-44)48-43(46)38-36-34-32-30-28-26-23-18-16-14-12-10-8-6-4-2/h6,8,12,14,18,23,41,44H,3-5,7,9-11,13,15-17,19-22,24-40H2,1-2H3/b8-6+,14-12+,23-18+/t41-/m0/s1. The van der Waals surface area contributed by atoms with Gasteiger partial charge in [0.15, 0.2) is 6.10 Å². The maximum Gasteiger partial charge on any atom is 0.306 e. The van der Waals surface area contributed by atoms with Crippen molar-refractivity contribution in [3.8, 4) is 0 Å². The highest BCUT2D eigenvalue weighted by atomic mass is 16.6. The molecule has 48 heavy (non-hydrogen) atoms. The summed E-state index contributed by atoms with van der Waals surface area (Å²) in [6, 6.07) is 0. The molecule has 1 N–H and O–H groups in total. The normalized spacial score (nSPS) is 12.5. The van der Waals surface area contributed by atoms with Gasteiger partial charge in [0, 0.05) is 12.8 Å². The van der Waals surface area contributed by atoms with Crippen LogP contribution in [-0.4, -0.2) is 36.4 Å². The molecule has 1 atom stereocenters. The molecule has 0 spiro atoms. The van der Waals surface area contributed by atoms with E-state index >= 15 is 0 Å². The quantitative estimate of drug-likeness (QED) is 0.0403. The van der Waals surface area contributed by atoms with Gasteiger partial charge in [-0.2, -0.15) is 0 Å². The molecule has 0 saturated heterocycles. The van der Waals surface area contributed by atoms with Gasteiger partial charge in [0.25, 0.3) is 0 Å². The van der Waals surface area contributed by atoms with Crippen LogP contribution in [0.15, 0.2) is 36.5 Å². The Morgan fingerprint density at radius 3 is 1.35 bits per heavy atom. The number of carbonyl (C=O) groups is 2. The van der Waals surface area contributed by atoms with Gasteiger partial charge in [-0.25, -0.2) is 0 Å². The fraction of sp³-hybridized carbons (Fsp3) is 0.814. The zero-order valence-corrected chi connectivity index (χ0v) is 31.7. The van der Waals surface area contributed by atoms with E-state index in [2.05, 4.69) is 50.3 Å². The molecule has 0 fully saturated rings. The first kappa shape index (κ1) is 46.1. The SMILES string of the molecule is CC/C=C/C/C=C/C/C=C/CCCCCCCC(=O)O[C@@H](CO)COC(=O)CCCCCCCCCCCCCCCCCCCCC. The van der Waals surface area contributed by atoms with E-state index in [0.717, 1.165) is 70.6 Å². The number of allylic oxidation sites excluding steroid dienone is 6. The molecule has 0 bridgehead atoms. The van der Waals surface area contributed by atoms with Gasteiger partial charge >= 0.3 is 11.9 Å². The van der Waals surface area contributed by atoms with Crippen molar-refractivity contribution in [2.45, 2.75) is 213 Å². The number of unbranched alkanes of at least 4 members (excludes halogenated alkanes) is 23. The van der Waals surface area contributed by atoms with Gasteiger partial charge < -0.3 is 14.6 Å². The highest BCUT2D eigenvalue weighted by Gasteiger charge is 2.16. The summed E-state index contributed by atoms with van der Waals surface area (Å²) >= 11 is 0. The first-order chi connectivity index (χ1) is 23.6. The van der Waals surface area contributed by atoms with E-state index in [4.69, 9.17) is 9.47 Å². The van der Waals surface area contributed by atoms with Crippen LogP contribution in [0.4, 0.5) is 0 Å². The van der Waals surface area contributed by atoms with Crippen LogP contribution < -0.4 is 0 Å². The van der Waals surface area contributed by atoms with Crippen molar-refractivity contribution >= 4 is 11.9 Å². The smallest absolute Gasteiger partial charge is 0.306 e. The van der Waals surface area contributed by atoms with Crippen molar-refractivity contribution in [1.82, 2.24) is 0 Å². The summed E-state index contributed by atoms with van der Waals surface area (Å²) in [5.41, 5.74) is 0. The van der Waals surface area contributed by atoms with Crippen LogP contribution in [0.3, 0.4) is 0 Å². The van der Waals surface area contributed by atoms with E-state index in [1.807, 2.05) is 0 Å². The lowest BCUT2D eigenvalue weighted by molar-refractivity contribution is -0.161. The molecule has 0 aliphatic carbocycles. The van der Waals surface area contributed by atoms with Crippen molar-refractivity contribution in [2.24, 2.45) is 0 Å². The summed E-state index contributed by atoms with van der Waals surface area (Å²) < 4.78 is 10.6. The van der Waals surface area contributed by atoms with E-state index in [1.165, 1.54) is 109 Å². The summed E-state index contributed by atoms with van der Waals surface area (Å²) in [6.45, 7) is 4.02. The van der Waals surface area contributed by atoms with Crippen LogP contribution in [0, 0.1) is 0 Å². The zero-order chi connectivity index (χ0) is 35.0. The second-order valence-corrected chi connectivity index (χ2v) is 13.7. The molecule has 5 heteroatoms. The number of ether oxygens (including phenoxy) is 2. The third kappa shape index (κ3) is 36.9. The Kier molecular flexibility index (Phi) is 38.0. The molecule has 280 valence electrons. The van der Waals surface area contributed by atoms with Crippen molar-refractivity contribution < 1.29 is 24.2 Å². The van der Waals surface area contributed by atoms with Gasteiger partial charge in [0.1, 0.15) is 6.61 Å². The Labute approximate surface area is 297 Å². The number of carbonyl (C=O) groups excluding carboxylic acids is 2. The van der Waals surface area contributed by atoms with Gasteiger partial charge in [-0.15, -0.1) is 0 Å². The molecule has 0 rings (SSSR count). The van der Waals surface area contributed by atoms with Crippen molar-refractivity contribution in [3.05, 3.63) is 36.5 Å². The average molecular weight is 675 g/mol. The third-order valence-corrected chi connectivity index (χ3v) is 8.95. The fourth-order valence-electron chi connectivity index (χ4n) is 5.86. The first-order valence-electron chi connectivity index (χ1n) is 20.5. The van der Waals surface area contributed by atoms with Gasteiger partial charge in [-0.1, -0.05) is 185 Å². The Morgan fingerprint density at radius 1 is 0.500 bits per heavy atom. The predicted octanol–water partition coefficient (Wildman–Crippen LogP) is 12.8. The zero-order valence-electron chi connectivity index (χ0n) is 31.7. The number of rotatable bonds is 37. The molecule has 0 heterocycles. The lowest BCUT2D eigenvalue weighted by Gasteiger charge is -2.15. The van der Waals surface area contributed by atoms with Gasteiger partial charge in [0.05, 0.1) is 6.61 Å². The van der Waals surface area contributed by atoms with Crippen LogP contribution in [0.2, 0.25) is 0 Å². The minimum Gasteiger partial charge on any atom is -0.462 e. The molecule has 0 amide bonds. The van der Waals surface area contributed by atoms with Crippen LogP contribution in [0.25, 0.3) is 0 Å². The molecule has 0 aliphatic heterocycles. The summed E-state index contributed by atoms with van der Waals surface area (Å²) in [4.78, 5) is 24.3. The third-order valence-electron chi connectivity index (χ3n) is 8.95. The largest absolute Gasteiger partial charge is 0.462 e. The maximum atomic E-state index is 12.2. The van der Waals surface area contributed by atoms with Gasteiger partial charge in [0.2, 0.25) is 0 Å². The van der Waals surface area contributed by atoms with E-state index in [1.54, 1.807) is 0 Å². The van der Waals surface area contributed by atoms with Crippen molar-refractivity contribution in [1.29, 1.82) is 0 Å². The molecule has 0 aromatic carbocycles. The predicted molar refractivity (Wildman–Crippen MR) is 205 cm³/mol. The van der Waals surface area contributed by atoms with E-state index < -0.39 is 6.10 Å². The summed E-state index contributed by atoms with van der Waals surface area (Å²) in [5.74, 6) is -0.604. The lowest BCUT2D eigenvalue weighted by atomic mass is 10.0. The van der Waals surface area contributed by atoms with Gasteiger partial charge in [-0.3, -0.25) is 9.59 Å². The molecule has 0 radical (unpaired) electrons. The molecular formula is C43H78O5. The minimum absolute atomic E-state index is 0.0700. The van der Waals surface area contributed by atoms with Crippen LogP contribution >= 0.6 is 0 Å². The Balaban J connectivity index is 3.53. The van der Waals surface area contributed by atoms with E-state index in [9.17, 15) is 14.7 Å². The fourth-order valence-corrected chi connectivity index (χ4v) is 5.86. The number of hydrogen-bond donors (Lipinski definition) is 1. The van der Waals surface area contributed by atoms with Crippen molar-refractivity contribution in [3.63, 3.8) is 0 Å². The summed E-state index contributed by atoms with van der Waals surface area (Å²) in [6.07, 6.45) is 47.8. The number of esters is 2. The van der Waals surface area contributed by atoms with E-state index in [0.29, 0.717) is 12.8 Å². The van der Waals surface area contributed by atoms with Crippen LogP contribution in [0.5, 0.6) is 0 Å². The topological polar surface area (TPSA) is 72.8 Å². The lowest BCUT2D eigenvalue weighted by Crippen LogP contribution is -2.28. The average Bonchev–Trinajstić information content (AvgIpc) is 3.09. The second kappa shape index (κ2) is 39.6. The van der Waals surface area contributed by atoms with Gasteiger partial charge in [-0.05, 0) is 44.9 Å². The summed E-state index contributed by atoms with van der Waals surface area (Å²) in [7, 11) is 0. The Hall–Kier alpha value is -1.88. The number of hydrogen-bond acceptors (Lipinski definition) is 5. The van der Waals surface area contributed by atoms with Crippen LogP contribution in [0.1, 0.15) is 206 Å². The molecule has 0 unspecified atom stereocenters. The highest BCUT2D eigenvalue weighted by molar-refractivity contribution is 5.70. The molecular weight excluding hydrogens is 596 g/mol. The second-order valence-electron chi connectivity index (χ2n) is 13.7. The highest BCUT2D eigenvalue weighted by Crippen LogP contribution is 2.15. The Morgan fingerprint density at radius 2 is 0.896 bits per heavy atom. The molecule has 0 aliphatic rings. The molecule has 0 aromatic rings. The molecule has 0 aromatic heterocycles. The minimum atomic E-state index is -0.777. The summed E-state index contributed by atoms with van der Waals surface area (Å²) in [5, 5.41) is 9.56. The monoisotopic (exact) mass is 675 g/mol. The Bertz CT molecular complexity index is 771. The van der Waals surface area contributed by atoms with E-state index in [-0.39, 0.29) is 25.2 Å². The number of aliphatic hydroxyl groups excluding tert-OH is 1. The first-order valence-corrected chi connectivity index (χ1v) is 20.5. The number of aliphatic hydroxyl groups is 1.